The smallest absolute Gasteiger partial charge is 0.256 e. The number of aromatic nitrogens is 2. The fraction of sp³-hybridized carbons (Fsp3) is 0.231. The molecule has 0 aliphatic rings. The van der Waals surface area contributed by atoms with E-state index in [4.69, 9.17) is 5.11 Å². The van der Waals surface area contributed by atoms with E-state index in [1.807, 2.05) is 24.3 Å². The van der Waals surface area contributed by atoms with Crippen LogP contribution in [0.1, 0.15) is 12.5 Å². The number of hydrogen-bond acceptors (Lipinski definition) is 4. The number of hydrogen-bond donors (Lipinski definition) is 2. The van der Waals surface area contributed by atoms with Crippen LogP contribution in [0.25, 0.3) is 11.4 Å². The lowest BCUT2D eigenvalue weighted by Crippen LogP contribution is -2.14. The molecule has 0 atom stereocenters. The molecule has 0 aliphatic carbocycles. The summed E-state index contributed by atoms with van der Waals surface area (Å²) in [5, 5.41) is 8.91. The highest BCUT2D eigenvalue weighted by molar-refractivity contribution is 7.99. The summed E-state index contributed by atoms with van der Waals surface area (Å²) in [4.78, 5) is 19.5. The molecule has 0 saturated carbocycles. The van der Waals surface area contributed by atoms with Crippen molar-refractivity contribution in [3.63, 3.8) is 0 Å². The Morgan fingerprint density at radius 1 is 1.33 bits per heavy atom. The molecule has 5 heteroatoms. The van der Waals surface area contributed by atoms with E-state index in [-0.39, 0.29) is 17.7 Å². The standard InChI is InChI=1S/C13H14N2O2S/c1-2-18-11-5-3-9(4-6-11)12-14-7-10(8-16)13(17)15-12/h3-7,16H,2,8H2,1H3,(H,14,15,17). The van der Waals surface area contributed by atoms with Crippen LogP contribution < -0.4 is 5.56 Å². The number of nitrogens with one attached hydrogen (secondary N) is 1. The van der Waals surface area contributed by atoms with Crippen molar-refractivity contribution in [2.24, 2.45) is 0 Å². The molecule has 0 unspecified atom stereocenters. The van der Waals surface area contributed by atoms with Crippen molar-refractivity contribution < 1.29 is 5.11 Å². The van der Waals surface area contributed by atoms with E-state index in [0.29, 0.717) is 5.82 Å². The molecule has 0 amide bonds. The first-order valence-electron chi connectivity index (χ1n) is 5.67. The summed E-state index contributed by atoms with van der Waals surface area (Å²) in [5.74, 6) is 1.55. The van der Waals surface area contributed by atoms with E-state index in [9.17, 15) is 4.79 Å². The van der Waals surface area contributed by atoms with Gasteiger partial charge < -0.3 is 10.1 Å². The summed E-state index contributed by atoms with van der Waals surface area (Å²) in [6, 6.07) is 7.86. The van der Waals surface area contributed by atoms with E-state index in [0.717, 1.165) is 11.3 Å². The number of rotatable bonds is 4. The van der Waals surface area contributed by atoms with Gasteiger partial charge in [-0.15, -0.1) is 11.8 Å². The van der Waals surface area contributed by atoms with Crippen LogP contribution in [-0.4, -0.2) is 20.8 Å². The number of H-pyrrole nitrogens is 1. The Labute approximate surface area is 109 Å². The van der Waals surface area contributed by atoms with E-state index in [1.54, 1.807) is 11.8 Å². The van der Waals surface area contributed by atoms with Gasteiger partial charge in [-0.3, -0.25) is 4.79 Å². The number of benzene rings is 1. The molecule has 1 aromatic carbocycles. The molecule has 1 aromatic heterocycles. The van der Waals surface area contributed by atoms with Crippen LogP contribution in [0, 0.1) is 0 Å². The largest absolute Gasteiger partial charge is 0.391 e. The van der Waals surface area contributed by atoms with Gasteiger partial charge in [0, 0.05) is 16.7 Å². The molecular formula is C13H14N2O2S. The molecule has 0 aliphatic heterocycles. The average molecular weight is 262 g/mol. The van der Waals surface area contributed by atoms with Crippen LogP contribution in [0.2, 0.25) is 0 Å². The number of thioether (sulfide) groups is 1. The number of aliphatic hydroxyl groups is 1. The fourth-order valence-corrected chi connectivity index (χ4v) is 2.22. The Morgan fingerprint density at radius 3 is 2.61 bits per heavy atom. The van der Waals surface area contributed by atoms with Crippen LogP contribution in [0.15, 0.2) is 40.2 Å². The fourth-order valence-electron chi connectivity index (χ4n) is 1.56. The zero-order valence-corrected chi connectivity index (χ0v) is 10.8. The minimum atomic E-state index is -0.297. The quantitative estimate of drug-likeness (QED) is 0.828. The van der Waals surface area contributed by atoms with Gasteiger partial charge >= 0.3 is 0 Å². The third-order valence-electron chi connectivity index (χ3n) is 2.48. The Balaban J connectivity index is 2.31. The van der Waals surface area contributed by atoms with Gasteiger partial charge in [0.2, 0.25) is 0 Å². The predicted molar refractivity (Wildman–Crippen MR) is 72.6 cm³/mol. The third kappa shape index (κ3) is 2.80. The van der Waals surface area contributed by atoms with Gasteiger partial charge in [-0.2, -0.15) is 0 Å². The van der Waals surface area contributed by atoms with Crippen LogP contribution in [0.3, 0.4) is 0 Å². The topological polar surface area (TPSA) is 66.0 Å². The van der Waals surface area contributed by atoms with Crippen molar-refractivity contribution >= 4 is 11.8 Å². The molecule has 2 rings (SSSR count). The van der Waals surface area contributed by atoms with Crippen molar-refractivity contribution in [1.29, 1.82) is 0 Å². The highest BCUT2D eigenvalue weighted by Crippen LogP contribution is 2.21. The van der Waals surface area contributed by atoms with Gasteiger partial charge in [-0.05, 0) is 17.9 Å². The normalized spacial score (nSPS) is 10.6. The summed E-state index contributed by atoms with van der Waals surface area (Å²) >= 11 is 1.76. The molecule has 2 aromatic rings. The van der Waals surface area contributed by atoms with Crippen molar-refractivity contribution in [3.8, 4) is 11.4 Å². The minimum Gasteiger partial charge on any atom is -0.391 e. The van der Waals surface area contributed by atoms with Crippen molar-refractivity contribution in [2.75, 3.05) is 5.75 Å². The Bertz CT molecular complexity index is 578. The molecule has 1 heterocycles. The van der Waals surface area contributed by atoms with Crippen molar-refractivity contribution in [3.05, 3.63) is 46.4 Å². The van der Waals surface area contributed by atoms with Crippen LogP contribution in [0.4, 0.5) is 0 Å². The molecule has 0 bridgehead atoms. The molecule has 4 nitrogen and oxygen atoms in total. The second-order valence-electron chi connectivity index (χ2n) is 3.70. The Morgan fingerprint density at radius 2 is 2.06 bits per heavy atom. The highest BCUT2D eigenvalue weighted by Gasteiger charge is 2.04. The average Bonchev–Trinajstić information content (AvgIpc) is 2.40. The summed E-state index contributed by atoms with van der Waals surface area (Å²) in [5.41, 5.74) is 0.837. The Hall–Kier alpha value is -1.59. The maximum absolute atomic E-state index is 11.6. The zero-order chi connectivity index (χ0) is 13.0. The number of aliphatic hydroxyl groups excluding tert-OH is 1. The lowest BCUT2D eigenvalue weighted by molar-refractivity contribution is 0.279. The molecule has 94 valence electrons. The van der Waals surface area contributed by atoms with Crippen LogP contribution in [-0.2, 0) is 6.61 Å². The zero-order valence-electron chi connectivity index (χ0n) is 10.0. The summed E-state index contributed by atoms with van der Waals surface area (Å²) in [6.45, 7) is 1.81. The summed E-state index contributed by atoms with van der Waals surface area (Å²) < 4.78 is 0. The second-order valence-corrected chi connectivity index (χ2v) is 5.04. The molecular weight excluding hydrogens is 248 g/mol. The lowest BCUT2D eigenvalue weighted by atomic mass is 10.2. The first kappa shape index (κ1) is 12.9. The maximum atomic E-state index is 11.6. The molecule has 0 radical (unpaired) electrons. The second kappa shape index (κ2) is 5.84. The van der Waals surface area contributed by atoms with Gasteiger partial charge in [-0.25, -0.2) is 4.98 Å². The van der Waals surface area contributed by atoms with E-state index in [1.165, 1.54) is 11.1 Å². The molecule has 0 fully saturated rings. The number of nitrogens with zero attached hydrogens (tertiary/aromatic N) is 1. The van der Waals surface area contributed by atoms with E-state index >= 15 is 0 Å². The van der Waals surface area contributed by atoms with Gasteiger partial charge in [0.25, 0.3) is 5.56 Å². The van der Waals surface area contributed by atoms with Crippen molar-refractivity contribution in [1.82, 2.24) is 9.97 Å². The predicted octanol–water partition coefficient (Wildman–Crippen LogP) is 2.04. The summed E-state index contributed by atoms with van der Waals surface area (Å²) in [6.07, 6.45) is 1.41. The molecule has 2 N–H and O–H groups in total. The maximum Gasteiger partial charge on any atom is 0.256 e. The van der Waals surface area contributed by atoms with Crippen LogP contribution in [0.5, 0.6) is 0 Å². The monoisotopic (exact) mass is 262 g/mol. The van der Waals surface area contributed by atoms with Gasteiger partial charge in [0.1, 0.15) is 5.82 Å². The van der Waals surface area contributed by atoms with Crippen LogP contribution >= 0.6 is 11.8 Å². The summed E-state index contributed by atoms with van der Waals surface area (Å²) in [7, 11) is 0. The molecule has 0 spiro atoms. The van der Waals surface area contributed by atoms with Gasteiger partial charge in [-0.1, -0.05) is 19.1 Å². The first-order chi connectivity index (χ1) is 8.74. The van der Waals surface area contributed by atoms with Gasteiger partial charge in [0.05, 0.1) is 12.2 Å². The Kier molecular flexibility index (Phi) is 4.17. The lowest BCUT2D eigenvalue weighted by Gasteiger charge is -2.03. The van der Waals surface area contributed by atoms with Crippen molar-refractivity contribution in [2.45, 2.75) is 18.4 Å². The molecule has 18 heavy (non-hydrogen) atoms. The molecule has 0 saturated heterocycles. The van der Waals surface area contributed by atoms with E-state index in [2.05, 4.69) is 16.9 Å². The highest BCUT2D eigenvalue weighted by atomic mass is 32.2. The van der Waals surface area contributed by atoms with E-state index < -0.39 is 0 Å². The minimum absolute atomic E-state index is 0.275. The SMILES string of the molecule is CCSc1ccc(-c2ncc(CO)c(=O)[nH]2)cc1. The third-order valence-corrected chi connectivity index (χ3v) is 3.38. The first-order valence-corrected chi connectivity index (χ1v) is 6.65. The van der Waals surface area contributed by atoms with Gasteiger partial charge in [0.15, 0.2) is 0 Å². The number of aromatic amines is 1.